The SMILES string of the molecule is Cc1cnccc1-c1nc(=S)c(C(C)C)c(C)[nH]1. The van der Waals surface area contributed by atoms with Crippen molar-refractivity contribution in [3.8, 4) is 11.4 Å². The quantitative estimate of drug-likeness (QED) is 0.830. The van der Waals surface area contributed by atoms with Gasteiger partial charge in [-0.1, -0.05) is 26.1 Å². The smallest absolute Gasteiger partial charge is 0.139 e. The molecule has 0 aromatic carbocycles. The van der Waals surface area contributed by atoms with E-state index in [0.29, 0.717) is 10.6 Å². The van der Waals surface area contributed by atoms with Crippen LogP contribution in [-0.4, -0.2) is 15.0 Å². The van der Waals surface area contributed by atoms with Crippen LogP contribution < -0.4 is 0 Å². The number of nitrogens with one attached hydrogen (secondary N) is 1. The summed E-state index contributed by atoms with van der Waals surface area (Å²) in [6.45, 7) is 8.33. The Labute approximate surface area is 112 Å². The van der Waals surface area contributed by atoms with Gasteiger partial charge in [0.2, 0.25) is 0 Å². The van der Waals surface area contributed by atoms with Crippen molar-refractivity contribution >= 4 is 12.2 Å². The lowest BCUT2D eigenvalue weighted by molar-refractivity contribution is 0.825. The van der Waals surface area contributed by atoms with E-state index >= 15 is 0 Å². The minimum Gasteiger partial charge on any atom is -0.343 e. The standard InChI is InChI=1S/C14H17N3S/c1-8(2)12-10(4)16-13(17-14(12)18)11-5-6-15-7-9(11)3/h5-8H,1-4H3,(H,16,17,18). The highest BCUT2D eigenvalue weighted by molar-refractivity contribution is 7.71. The van der Waals surface area contributed by atoms with Crippen LogP contribution in [0.2, 0.25) is 0 Å². The Kier molecular flexibility index (Phi) is 3.57. The van der Waals surface area contributed by atoms with Gasteiger partial charge in [-0.3, -0.25) is 4.98 Å². The lowest BCUT2D eigenvalue weighted by atomic mass is 10.0. The Morgan fingerprint density at radius 2 is 2.00 bits per heavy atom. The van der Waals surface area contributed by atoms with Gasteiger partial charge in [0.15, 0.2) is 0 Å². The van der Waals surface area contributed by atoms with Crippen LogP contribution in [0.25, 0.3) is 11.4 Å². The van der Waals surface area contributed by atoms with Crippen LogP contribution in [0, 0.1) is 18.5 Å². The molecule has 0 saturated heterocycles. The van der Waals surface area contributed by atoms with Crippen molar-refractivity contribution in [1.29, 1.82) is 0 Å². The van der Waals surface area contributed by atoms with Crippen molar-refractivity contribution in [2.45, 2.75) is 33.6 Å². The summed E-state index contributed by atoms with van der Waals surface area (Å²) in [5, 5.41) is 0. The third-order valence-electron chi connectivity index (χ3n) is 3.01. The van der Waals surface area contributed by atoms with E-state index in [2.05, 4.69) is 28.8 Å². The van der Waals surface area contributed by atoms with Crippen molar-refractivity contribution in [2.75, 3.05) is 0 Å². The molecule has 2 rings (SSSR count). The van der Waals surface area contributed by atoms with Crippen molar-refractivity contribution in [3.05, 3.63) is 39.9 Å². The topological polar surface area (TPSA) is 41.6 Å². The summed E-state index contributed by atoms with van der Waals surface area (Å²) in [5.74, 6) is 1.20. The van der Waals surface area contributed by atoms with Crippen LogP contribution >= 0.6 is 12.2 Å². The number of nitrogens with zero attached hydrogens (tertiary/aromatic N) is 2. The van der Waals surface area contributed by atoms with E-state index in [9.17, 15) is 0 Å². The molecular weight excluding hydrogens is 242 g/mol. The maximum atomic E-state index is 5.40. The first-order valence-electron chi connectivity index (χ1n) is 6.02. The second-order valence-electron chi connectivity index (χ2n) is 4.77. The normalized spacial score (nSPS) is 10.9. The summed E-state index contributed by atoms with van der Waals surface area (Å²) >= 11 is 5.40. The van der Waals surface area contributed by atoms with Gasteiger partial charge in [0.25, 0.3) is 0 Å². The summed E-state index contributed by atoms with van der Waals surface area (Å²) in [5.41, 5.74) is 4.36. The van der Waals surface area contributed by atoms with Gasteiger partial charge >= 0.3 is 0 Å². The number of aryl methyl sites for hydroxylation is 2. The van der Waals surface area contributed by atoms with Gasteiger partial charge in [0.05, 0.1) is 0 Å². The van der Waals surface area contributed by atoms with Gasteiger partial charge in [0, 0.05) is 29.2 Å². The molecule has 0 amide bonds. The molecule has 0 fully saturated rings. The van der Waals surface area contributed by atoms with Gasteiger partial charge in [-0.25, -0.2) is 4.98 Å². The lowest BCUT2D eigenvalue weighted by Crippen LogP contribution is -2.02. The van der Waals surface area contributed by atoms with Crippen LogP contribution in [0.3, 0.4) is 0 Å². The summed E-state index contributed by atoms with van der Waals surface area (Å²) in [4.78, 5) is 12.0. The molecule has 0 spiro atoms. The minimum absolute atomic E-state index is 0.383. The van der Waals surface area contributed by atoms with E-state index in [1.807, 2.05) is 26.1 Å². The highest BCUT2D eigenvalue weighted by Gasteiger charge is 2.11. The van der Waals surface area contributed by atoms with E-state index in [4.69, 9.17) is 12.2 Å². The number of hydrogen-bond acceptors (Lipinski definition) is 3. The zero-order valence-electron chi connectivity index (χ0n) is 11.1. The second kappa shape index (κ2) is 4.98. The number of pyridine rings is 1. The molecule has 0 radical (unpaired) electrons. The zero-order valence-corrected chi connectivity index (χ0v) is 11.9. The Hall–Kier alpha value is -1.55. The average molecular weight is 259 g/mol. The van der Waals surface area contributed by atoms with Crippen molar-refractivity contribution in [3.63, 3.8) is 0 Å². The largest absolute Gasteiger partial charge is 0.343 e. The highest BCUT2D eigenvalue weighted by Crippen LogP contribution is 2.23. The first-order valence-corrected chi connectivity index (χ1v) is 6.43. The molecule has 2 heterocycles. The van der Waals surface area contributed by atoms with Crippen LogP contribution in [0.4, 0.5) is 0 Å². The van der Waals surface area contributed by atoms with Crippen molar-refractivity contribution in [1.82, 2.24) is 15.0 Å². The Bertz CT molecular complexity index is 629. The fraction of sp³-hybridized carbons (Fsp3) is 0.357. The van der Waals surface area contributed by atoms with E-state index in [0.717, 1.165) is 28.2 Å². The van der Waals surface area contributed by atoms with E-state index in [1.54, 1.807) is 6.20 Å². The summed E-state index contributed by atoms with van der Waals surface area (Å²) < 4.78 is 0.687. The number of hydrogen-bond donors (Lipinski definition) is 1. The molecule has 2 aromatic heterocycles. The second-order valence-corrected chi connectivity index (χ2v) is 5.16. The first kappa shape index (κ1) is 12.9. The molecule has 0 aliphatic rings. The predicted octanol–water partition coefficient (Wildman–Crippen LogP) is 3.94. The molecule has 0 saturated carbocycles. The van der Waals surface area contributed by atoms with Gasteiger partial charge < -0.3 is 4.98 Å². The van der Waals surface area contributed by atoms with Gasteiger partial charge in [-0.15, -0.1) is 0 Å². The number of rotatable bonds is 2. The molecule has 3 nitrogen and oxygen atoms in total. The average Bonchev–Trinajstić information content (AvgIpc) is 2.27. The van der Waals surface area contributed by atoms with Crippen LogP contribution in [0.1, 0.15) is 36.6 Å². The summed E-state index contributed by atoms with van der Waals surface area (Å²) in [7, 11) is 0. The molecular formula is C14H17N3S. The third-order valence-corrected chi connectivity index (χ3v) is 3.32. The van der Waals surface area contributed by atoms with Crippen LogP contribution in [0.15, 0.2) is 18.5 Å². The third kappa shape index (κ3) is 2.34. The molecule has 0 aliphatic carbocycles. The first-order chi connectivity index (χ1) is 8.50. The number of aromatic nitrogens is 3. The maximum absolute atomic E-state index is 5.40. The molecule has 0 atom stereocenters. The van der Waals surface area contributed by atoms with Gasteiger partial charge in [0.1, 0.15) is 10.5 Å². The van der Waals surface area contributed by atoms with Crippen LogP contribution in [0.5, 0.6) is 0 Å². The fourth-order valence-electron chi connectivity index (χ4n) is 2.14. The fourth-order valence-corrected chi connectivity index (χ4v) is 2.62. The maximum Gasteiger partial charge on any atom is 0.139 e. The number of H-pyrrole nitrogens is 1. The highest BCUT2D eigenvalue weighted by atomic mass is 32.1. The lowest BCUT2D eigenvalue weighted by Gasteiger charge is -2.12. The molecule has 2 aromatic rings. The van der Waals surface area contributed by atoms with Gasteiger partial charge in [-0.05, 0) is 31.4 Å². The van der Waals surface area contributed by atoms with E-state index in [1.165, 1.54) is 0 Å². The molecule has 0 bridgehead atoms. The Balaban J connectivity index is 2.63. The van der Waals surface area contributed by atoms with Crippen molar-refractivity contribution in [2.24, 2.45) is 0 Å². The Morgan fingerprint density at radius 1 is 1.28 bits per heavy atom. The molecule has 1 N–H and O–H groups in total. The minimum atomic E-state index is 0.383. The zero-order chi connectivity index (χ0) is 13.3. The molecule has 18 heavy (non-hydrogen) atoms. The molecule has 4 heteroatoms. The molecule has 94 valence electrons. The molecule has 0 aliphatic heterocycles. The van der Waals surface area contributed by atoms with Gasteiger partial charge in [-0.2, -0.15) is 0 Å². The summed E-state index contributed by atoms with van der Waals surface area (Å²) in [6, 6.07) is 1.96. The Morgan fingerprint density at radius 3 is 2.56 bits per heavy atom. The van der Waals surface area contributed by atoms with E-state index in [-0.39, 0.29) is 0 Å². The van der Waals surface area contributed by atoms with E-state index < -0.39 is 0 Å². The van der Waals surface area contributed by atoms with Crippen LogP contribution in [-0.2, 0) is 0 Å². The molecule has 0 unspecified atom stereocenters. The summed E-state index contributed by atoms with van der Waals surface area (Å²) in [6.07, 6.45) is 3.60. The number of aromatic amines is 1. The monoisotopic (exact) mass is 259 g/mol. The predicted molar refractivity (Wildman–Crippen MR) is 76.2 cm³/mol. The van der Waals surface area contributed by atoms with Crippen molar-refractivity contribution < 1.29 is 0 Å².